The van der Waals surface area contributed by atoms with E-state index in [1.807, 2.05) is 58.8 Å². The standard InChI is InChI=1S/C22H24N7O2/c1-16-13-28-18-19(24-21(28)27(16)11-6-10-26-12-9-23-15-26)25(2)22(31)29(20(18)30)14-17-7-4-3-5-8-17/h3-5,7-9,12-13,15,18H,6,10-11,14H2,1-2H3/q+1. The lowest BCUT2D eigenvalue weighted by atomic mass is 10.1. The van der Waals surface area contributed by atoms with Crippen molar-refractivity contribution >= 4 is 23.7 Å². The van der Waals surface area contributed by atoms with Crippen molar-refractivity contribution in [1.29, 1.82) is 0 Å². The molecule has 4 heterocycles. The number of amides is 3. The lowest BCUT2D eigenvalue weighted by molar-refractivity contribution is -0.677. The number of aliphatic imine (C=N–C) groups is 1. The van der Waals surface area contributed by atoms with Gasteiger partial charge in [-0.15, -0.1) is 0 Å². The summed E-state index contributed by atoms with van der Waals surface area (Å²) in [5, 5.41) is 0. The van der Waals surface area contributed by atoms with Crippen LogP contribution in [0.1, 0.15) is 23.7 Å². The van der Waals surface area contributed by atoms with E-state index >= 15 is 0 Å². The molecule has 1 atom stereocenters. The number of likely N-dealkylation sites (N-methyl/N-ethyl adjacent to an activating group) is 1. The number of hydrogen-bond acceptors (Lipinski definition) is 4. The summed E-state index contributed by atoms with van der Waals surface area (Å²) in [7, 11) is 1.68. The van der Waals surface area contributed by atoms with Gasteiger partial charge in [0.25, 0.3) is 5.91 Å². The number of benzene rings is 1. The normalized spacial score (nSPS) is 17.7. The monoisotopic (exact) mass is 418 g/mol. The average molecular weight is 418 g/mol. The number of urea groups is 1. The number of amidine groups is 1. The van der Waals surface area contributed by atoms with Crippen LogP contribution in [0.4, 0.5) is 10.7 Å². The van der Waals surface area contributed by atoms with Crippen molar-refractivity contribution in [2.24, 2.45) is 4.99 Å². The second-order valence-electron chi connectivity index (χ2n) is 7.91. The van der Waals surface area contributed by atoms with Crippen LogP contribution in [0.25, 0.3) is 0 Å². The Morgan fingerprint density at radius 1 is 1.13 bits per heavy atom. The smallest absolute Gasteiger partial charge is 0.337 e. The summed E-state index contributed by atoms with van der Waals surface area (Å²) < 4.78 is 6.04. The number of carbonyl (C=O) groups excluding carboxylic acids is 2. The fourth-order valence-corrected chi connectivity index (χ4v) is 4.25. The van der Waals surface area contributed by atoms with Gasteiger partial charge >= 0.3 is 12.0 Å². The van der Waals surface area contributed by atoms with Gasteiger partial charge < -0.3 is 4.57 Å². The molecule has 158 valence electrons. The minimum atomic E-state index is -0.616. The van der Waals surface area contributed by atoms with E-state index in [1.165, 1.54) is 9.80 Å². The predicted octanol–water partition coefficient (Wildman–Crippen LogP) is 2.05. The van der Waals surface area contributed by atoms with Gasteiger partial charge in [0.05, 0.1) is 19.4 Å². The number of imidazole rings is 2. The fourth-order valence-electron chi connectivity index (χ4n) is 4.25. The van der Waals surface area contributed by atoms with Crippen LogP contribution in [0.5, 0.6) is 0 Å². The number of fused-ring (bicyclic) bond motifs is 3. The van der Waals surface area contributed by atoms with E-state index in [1.54, 1.807) is 19.6 Å². The molecule has 1 aromatic carbocycles. The number of nitrogens with zero attached hydrogens (tertiary/aromatic N) is 7. The highest BCUT2D eigenvalue weighted by molar-refractivity contribution is 6.18. The first kappa shape index (κ1) is 19.2. The number of rotatable bonds is 6. The average Bonchev–Trinajstić information content (AvgIpc) is 3.48. The molecule has 1 saturated heterocycles. The number of hydrogen-bond donors (Lipinski definition) is 0. The van der Waals surface area contributed by atoms with Gasteiger partial charge in [0, 0.05) is 26.0 Å². The second kappa shape index (κ2) is 7.50. The third-order valence-electron chi connectivity index (χ3n) is 5.86. The molecule has 0 saturated carbocycles. The first-order valence-electron chi connectivity index (χ1n) is 10.3. The van der Waals surface area contributed by atoms with Crippen molar-refractivity contribution in [2.45, 2.75) is 39.0 Å². The Bertz CT molecular complexity index is 1160. The topological polar surface area (TPSA) is 79.6 Å². The van der Waals surface area contributed by atoms with Gasteiger partial charge in [0.15, 0.2) is 0 Å². The van der Waals surface area contributed by atoms with Crippen LogP contribution in [0.2, 0.25) is 0 Å². The van der Waals surface area contributed by atoms with Crippen molar-refractivity contribution in [3.05, 3.63) is 66.5 Å². The van der Waals surface area contributed by atoms with Gasteiger partial charge in [-0.3, -0.25) is 14.6 Å². The van der Waals surface area contributed by atoms with Gasteiger partial charge in [-0.25, -0.2) is 18.9 Å². The largest absolute Gasteiger partial charge is 0.401 e. The van der Waals surface area contributed by atoms with Crippen molar-refractivity contribution in [3.8, 4) is 0 Å². The lowest BCUT2D eigenvalue weighted by Crippen LogP contribution is -2.62. The highest BCUT2D eigenvalue weighted by atomic mass is 16.2. The molecule has 1 fully saturated rings. The number of aryl methyl sites for hydroxylation is 2. The molecular weight excluding hydrogens is 394 g/mol. The highest BCUT2D eigenvalue weighted by Crippen LogP contribution is 2.30. The summed E-state index contributed by atoms with van der Waals surface area (Å²) in [5.41, 5.74) is 1.94. The zero-order valence-corrected chi connectivity index (χ0v) is 17.5. The van der Waals surface area contributed by atoms with Crippen molar-refractivity contribution in [1.82, 2.24) is 23.9 Å². The van der Waals surface area contributed by atoms with E-state index in [2.05, 4.69) is 9.55 Å². The van der Waals surface area contributed by atoms with Gasteiger partial charge in [0.1, 0.15) is 11.9 Å². The first-order valence-corrected chi connectivity index (χ1v) is 10.3. The third kappa shape index (κ3) is 3.22. The minimum absolute atomic E-state index is 0.243. The molecule has 0 spiro atoms. The Labute approximate surface area is 179 Å². The molecule has 0 bridgehead atoms. The summed E-state index contributed by atoms with van der Waals surface area (Å²) in [4.78, 5) is 37.9. The zero-order chi connectivity index (χ0) is 21.5. The van der Waals surface area contributed by atoms with Crippen molar-refractivity contribution < 1.29 is 14.2 Å². The summed E-state index contributed by atoms with van der Waals surface area (Å²) in [5.74, 6) is 0.945. The fraction of sp³-hybridized carbons (Fsp3) is 0.318. The number of aromatic nitrogens is 4. The van der Waals surface area contributed by atoms with Crippen molar-refractivity contribution in [2.75, 3.05) is 7.05 Å². The van der Waals surface area contributed by atoms with Crippen LogP contribution in [0, 0.1) is 6.92 Å². The van der Waals surface area contributed by atoms with Crippen LogP contribution in [-0.2, 0) is 24.4 Å². The van der Waals surface area contributed by atoms with Crippen LogP contribution in [0.15, 0.2) is 60.2 Å². The zero-order valence-electron chi connectivity index (χ0n) is 17.5. The molecule has 9 heteroatoms. The Morgan fingerprint density at radius 3 is 2.68 bits per heavy atom. The van der Waals surface area contributed by atoms with Crippen LogP contribution < -0.4 is 4.57 Å². The lowest BCUT2D eigenvalue weighted by Gasteiger charge is -2.33. The molecule has 1 unspecified atom stereocenters. The van der Waals surface area contributed by atoms with E-state index in [0.29, 0.717) is 11.8 Å². The van der Waals surface area contributed by atoms with Gasteiger partial charge in [-0.1, -0.05) is 35.3 Å². The SMILES string of the molecule is Cc1c[n+]2c(n1CCCn1ccnc1)N=C1C2C(=O)N(Cc2ccccc2)C(=O)N1C. The van der Waals surface area contributed by atoms with E-state index in [9.17, 15) is 9.59 Å². The van der Waals surface area contributed by atoms with Crippen LogP contribution in [0.3, 0.4) is 0 Å². The maximum Gasteiger partial charge on any atom is 0.401 e. The molecule has 9 nitrogen and oxygen atoms in total. The number of carbonyl (C=O) groups is 2. The van der Waals surface area contributed by atoms with Crippen LogP contribution >= 0.6 is 0 Å². The minimum Gasteiger partial charge on any atom is -0.337 e. The molecule has 0 N–H and O–H groups in total. The predicted molar refractivity (Wildman–Crippen MR) is 112 cm³/mol. The Morgan fingerprint density at radius 2 is 1.94 bits per heavy atom. The Kier molecular flexibility index (Phi) is 4.65. The Hall–Kier alpha value is -3.75. The molecule has 2 aliphatic heterocycles. The molecule has 31 heavy (non-hydrogen) atoms. The van der Waals surface area contributed by atoms with Gasteiger partial charge in [-0.05, 0) is 18.9 Å². The summed E-state index contributed by atoms with van der Waals surface area (Å²) >= 11 is 0. The van der Waals surface area contributed by atoms with Crippen molar-refractivity contribution in [3.63, 3.8) is 0 Å². The molecule has 3 amide bonds. The van der Waals surface area contributed by atoms with E-state index in [4.69, 9.17) is 4.99 Å². The maximum atomic E-state index is 13.4. The molecular formula is C22H24N7O2+. The molecule has 2 aromatic heterocycles. The van der Waals surface area contributed by atoms with E-state index in [0.717, 1.165) is 30.8 Å². The maximum absolute atomic E-state index is 13.4. The molecule has 0 radical (unpaired) electrons. The first-order chi connectivity index (χ1) is 15.0. The van der Waals surface area contributed by atoms with E-state index < -0.39 is 6.04 Å². The quantitative estimate of drug-likeness (QED) is 0.575. The third-order valence-corrected chi connectivity index (χ3v) is 5.86. The molecule has 3 aromatic rings. The summed E-state index contributed by atoms with van der Waals surface area (Å²) in [6.45, 7) is 3.86. The number of imide groups is 1. The molecule has 2 aliphatic rings. The summed E-state index contributed by atoms with van der Waals surface area (Å²) in [6.07, 6.45) is 8.37. The highest BCUT2D eigenvalue weighted by Gasteiger charge is 2.53. The second-order valence-corrected chi connectivity index (χ2v) is 7.91. The van der Waals surface area contributed by atoms with Gasteiger partial charge in [-0.2, -0.15) is 0 Å². The molecule has 5 rings (SSSR count). The van der Waals surface area contributed by atoms with Crippen LogP contribution in [-0.4, -0.2) is 48.7 Å². The van der Waals surface area contributed by atoms with Gasteiger partial charge in [0.2, 0.25) is 11.9 Å². The Balaban J connectivity index is 1.41. The summed E-state index contributed by atoms with van der Waals surface area (Å²) in [6, 6.07) is 8.59. The van der Waals surface area contributed by atoms with E-state index in [-0.39, 0.29) is 18.5 Å². The molecule has 0 aliphatic carbocycles.